The van der Waals surface area contributed by atoms with Crippen LogP contribution in [-0.4, -0.2) is 96.7 Å². The largest absolute Gasteiger partial charge is 0.472 e. The van der Waals surface area contributed by atoms with Crippen molar-refractivity contribution in [2.45, 2.75) is 316 Å². The lowest BCUT2D eigenvalue weighted by Crippen LogP contribution is -2.30. The molecule has 0 aromatic rings. The highest BCUT2D eigenvalue weighted by molar-refractivity contribution is 7.47. The fourth-order valence-corrected chi connectivity index (χ4v) is 11.3. The van der Waals surface area contributed by atoms with Crippen molar-refractivity contribution < 1.29 is 80.2 Å². The van der Waals surface area contributed by atoms with E-state index >= 15 is 0 Å². The Hall–Kier alpha value is -4.80. The number of phosphoric ester groups is 2. The van der Waals surface area contributed by atoms with Crippen LogP contribution in [0.2, 0.25) is 0 Å². The van der Waals surface area contributed by atoms with Gasteiger partial charge < -0.3 is 33.8 Å². The van der Waals surface area contributed by atoms with Crippen molar-refractivity contribution >= 4 is 39.5 Å². The Labute approximate surface area is 605 Å². The number of rotatable bonds is 71. The summed E-state index contributed by atoms with van der Waals surface area (Å²) in [5.74, 6) is -2.26. The normalized spacial score (nSPS) is 14.7. The average Bonchev–Trinajstić information content (AvgIpc) is 0.940. The SMILES string of the molecule is CC/C=C\C/C=C\C/C=C\C/C=C\C/C=C\CCCCCC(=O)OCC(COP(=O)(O)OCC(O)COP(=O)(O)OCC(COC(=O)CCCCCC/C=C\C/C=C\C/C=C\C/C=C\CC)OC(=O)CCCCCCC/C=C\CCCC)OC(=O)CCCCCCC/C=C\CCCCCC. The molecule has 572 valence electrons. The Morgan fingerprint density at radius 1 is 0.290 bits per heavy atom. The number of unbranched alkanes of at least 4 members (excludes halogenated alkanes) is 23. The third kappa shape index (κ3) is 71.6. The van der Waals surface area contributed by atoms with Gasteiger partial charge in [0.25, 0.3) is 0 Å². The summed E-state index contributed by atoms with van der Waals surface area (Å²) in [5, 5.41) is 10.6. The minimum atomic E-state index is -4.99. The highest BCUT2D eigenvalue weighted by atomic mass is 31.2. The predicted octanol–water partition coefficient (Wildman–Crippen LogP) is 22.1. The molecule has 0 rings (SSSR count). The zero-order valence-electron chi connectivity index (χ0n) is 62.3. The van der Waals surface area contributed by atoms with Crippen molar-refractivity contribution in [3.8, 4) is 0 Å². The van der Waals surface area contributed by atoms with Crippen molar-refractivity contribution in [3.05, 3.63) is 134 Å². The van der Waals surface area contributed by atoms with Crippen molar-refractivity contribution in [3.63, 3.8) is 0 Å². The van der Waals surface area contributed by atoms with Crippen LogP contribution >= 0.6 is 15.6 Å². The summed E-state index contributed by atoms with van der Waals surface area (Å²) in [6.45, 7) is 4.50. The van der Waals surface area contributed by atoms with Gasteiger partial charge in [0.1, 0.15) is 19.3 Å². The molecule has 0 aliphatic carbocycles. The second kappa shape index (κ2) is 72.5. The maximum absolute atomic E-state index is 13.1. The summed E-state index contributed by atoms with van der Waals surface area (Å²) >= 11 is 0. The van der Waals surface area contributed by atoms with E-state index in [2.05, 4.69) is 161 Å². The lowest BCUT2D eigenvalue weighted by atomic mass is 10.1. The van der Waals surface area contributed by atoms with Gasteiger partial charge in [-0.1, -0.05) is 251 Å². The Morgan fingerprint density at radius 2 is 0.530 bits per heavy atom. The van der Waals surface area contributed by atoms with Crippen LogP contribution < -0.4 is 0 Å². The number of allylic oxidation sites excluding steroid dienone is 22. The van der Waals surface area contributed by atoms with E-state index in [1.54, 1.807) is 0 Å². The van der Waals surface area contributed by atoms with E-state index in [4.69, 9.17) is 37.0 Å². The molecule has 0 fully saturated rings. The van der Waals surface area contributed by atoms with E-state index in [0.29, 0.717) is 25.7 Å². The lowest BCUT2D eigenvalue weighted by Gasteiger charge is -2.21. The van der Waals surface area contributed by atoms with Crippen LogP contribution in [-0.2, 0) is 65.4 Å². The maximum atomic E-state index is 13.1. The number of esters is 4. The summed E-state index contributed by atoms with van der Waals surface area (Å²) in [6.07, 6.45) is 80.2. The zero-order chi connectivity index (χ0) is 73.2. The molecule has 5 unspecified atom stereocenters. The fraction of sp³-hybridized carbons (Fsp3) is 0.679. The molecule has 0 spiro atoms. The van der Waals surface area contributed by atoms with Gasteiger partial charge in [-0.15, -0.1) is 0 Å². The lowest BCUT2D eigenvalue weighted by molar-refractivity contribution is -0.161. The first-order valence-electron chi connectivity index (χ1n) is 38.4. The van der Waals surface area contributed by atoms with Gasteiger partial charge in [0.2, 0.25) is 0 Å². The first-order valence-corrected chi connectivity index (χ1v) is 41.4. The number of ether oxygens (including phenoxy) is 4. The first kappa shape index (κ1) is 95.2. The minimum Gasteiger partial charge on any atom is -0.462 e. The molecule has 0 saturated carbocycles. The topological polar surface area (TPSA) is 237 Å². The highest BCUT2D eigenvalue weighted by Gasteiger charge is 2.30. The van der Waals surface area contributed by atoms with Crippen LogP contribution in [0.25, 0.3) is 0 Å². The molecule has 0 bridgehead atoms. The Kier molecular flexibility index (Phi) is 69.1. The molecule has 3 N–H and O–H groups in total. The van der Waals surface area contributed by atoms with Crippen LogP contribution in [0, 0.1) is 0 Å². The molecule has 0 aromatic carbocycles. The molecule has 0 heterocycles. The zero-order valence-corrected chi connectivity index (χ0v) is 64.1. The smallest absolute Gasteiger partial charge is 0.462 e. The van der Waals surface area contributed by atoms with E-state index in [9.17, 15) is 43.2 Å². The first-order chi connectivity index (χ1) is 48.7. The number of carbonyl (C=O) groups excluding carboxylic acids is 4. The molecule has 0 aliphatic rings. The second-order valence-corrected chi connectivity index (χ2v) is 28.1. The summed E-state index contributed by atoms with van der Waals surface area (Å²) in [6, 6.07) is 0. The Balaban J connectivity index is 5.37. The van der Waals surface area contributed by atoms with Gasteiger partial charge in [-0.05, 0) is 154 Å². The molecule has 0 saturated heterocycles. The van der Waals surface area contributed by atoms with E-state index in [1.807, 2.05) is 0 Å². The molecule has 5 atom stereocenters. The fourth-order valence-electron chi connectivity index (χ4n) is 9.74. The number of carbonyl (C=O) groups is 4. The molecule has 0 amide bonds. The van der Waals surface area contributed by atoms with Gasteiger partial charge in [0.05, 0.1) is 26.4 Å². The molecular formula is C81H136O17P2. The summed E-state index contributed by atoms with van der Waals surface area (Å²) in [4.78, 5) is 72.8. The predicted molar refractivity (Wildman–Crippen MR) is 408 cm³/mol. The summed E-state index contributed by atoms with van der Waals surface area (Å²) < 4.78 is 68.4. The average molecular weight is 1440 g/mol. The molecule has 19 heteroatoms. The second-order valence-electron chi connectivity index (χ2n) is 25.2. The molecule has 17 nitrogen and oxygen atoms in total. The Morgan fingerprint density at radius 3 is 0.850 bits per heavy atom. The highest BCUT2D eigenvalue weighted by Crippen LogP contribution is 2.45. The van der Waals surface area contributed by atoms with Crippen molar-refractivity contribution in [1.82, 2.24) is 0 Å². The van der Waals surface area contributed by atoms with Gasteiger partial charge in [0, 0.05) is 25.7 Å². The van der Waals surface area contributed by atoms with Gasteiger partial charge in [-0.2, -0.15) is 0 Å². The van der Waals surface area contributed by atoms with E-state index < -0.39 is 97.5 Å². The third-order valence-electron chi connectivity index (χ3n) is 15.6. The molecule has 0 radical (unpaired) electrons. The minimum absolute atomic E-state index is 0.0739. The standard InChI is InChI=1S/C81H136O17P2/c1-5-9-13-17-21-25-29-32-34-36-37-39-41-44-47-50-54-58-62-66-79(84)92-72-77(98-81(86)68-64-60-56-52-48-42-31-27-23-19-15-11-7-3)74-96-100(89,90)94-70-75(82)69-93-99(87,88)95-73-76(97-80(85)67-63-59-55-51-45-28-24-20-16-12-8-4)71-91-78(83)65-61-57-53-49-46-43-40-38-35-33-30-26-22-18-14-10-6-2/h9-10,13-14,20-22,24-27,31-35,37,39-40,43-44,47,75-77,82H,5-8,11-12,15-19,23,28-30,36,38,41-42,45-46,48-74H2,1-4H3,(H,87,88)(H,89,90)/b13-9-,14-10-,24-20-,25-21-,26-22-,31-27-,34-32-,35-33-,39-37-,43-40-,47-44-. The van der Waals surface area contributed by atoms with Crippen LogP contribution in [0.3, 0.4) is 0 Å². The molecule has 0 aliphatic heterocycles. The number of aliphatic hydroxyl groups is 1. The number of aliphatic hydroxyl groups excluding tert-OH is 1. The summed E-state index contributed by atoms with van der Waals surface area (Å²) in [7, 11) is -9.97. The number of phosphoric acid groups is 2. The monoisotopic (exact) mass is 1440 g/mol. The van der Waals surface area contributed by atoms with Crippen LogP contribution in [0.15, 0.2) is 134 Å². The molecule has 0 aromatic heterocycles. The van der Waals surface area contributed by atoms with Gasteiger partial charge in [-0.3, -0.25) is 37.3 Å². The maximum Gasteiger partial charge on any atom is 0.472 e. The van der Waals surface area contributed by atoms with E-state index in [0.717, 1.165) is 180 Å². The van der Waals surface area contributed by atoms with Crippen molar-refractivity contribution in [2.75, 3.05) is 39.6 Å². The van der Waals surface area contributed by atoms with E-state index in [-0.39, 0.29) is 25.7 Å². The van der Waals surface area contributed by atoms with E-state index in [1.165, 1.54) is 38.5 Å². The quantitative estimate of drug-likeness (QED) is 0.0169. The molecule has 100 heavy (non-hydrogen) atoms. The summed E-state index contributed by atoms with van der Waals surface area (Å²) in [5.41, 5.74) is 0. The number of hydrogen-bond acceptors (Lipinski definition) is 15. The van der Waals surface area contributed by atoms with Gasteiger partial charge in [0.15, 0.2) is 12.2 Å². The number of hydrogen-bond donors (Lipinski definition) is 3. The van der Waals surface area contributed by atoms with Gasteiger partial charge >= 0.3 is 39.5 Å². The van der Waals surface area contributed by atoms with Crippen molar-refractivity contribution in [2.24, 2.45) is 0 Å². The van der Waals surface area contributed by atoms with Crippen LogP contribution in [0.5, 0.6) is 0 Å². The third-order valence-corrected chi connectivity index (χ3v) is 17.5. The van der Waals surface area contributed by atoms with Crippen LogP contribution in [0.4, 0.5) is 0 Å². The van der Waals surface area contributed by atoms with Crippen LogP contribution in [0.1, 0.15) is 297 Å². The van der Waals surface area contributed by atoms with Crippen molar-refractivity contribution in [1.29, 1.82) is 0 Å². The molecular weight excluding hydrogens is 1310 g/mol. The van der Waals surface area contributed by atoms with Gasteiger partial charge in [-0.25, -0.2) is 9.13 Å². The Bertz CT molecular complexity index is 2420.